The molecule has 0 saturated heterocycles. The molecule has 8 nitrogen and oxygen atoms in total. The predicted octanol–water partition coefficient (Wildman–Crippen LogP) is 3.45. The van der Waals surface area contributed by atoms with Crippen molar-refractivity contribution >= 4 is 11.6 Å². The molecule has 1 N–H and O–H groups in total. The van der Waals surface area contributed by atoms with Crippen molar-refractivity contribution in [2.24, 2.45) is 5.92 Å². The number of carbonyl (C=O) groups excluding carboxylic acids is 1. The first-order valence-electron chi connectivity index (χ1n) is 10.8. The van der Waals surface area contributed by atoms with E-state index in [0.717, 1.165) is 43.6 Å². The molecule has 0 atom stereocenters. The van der Waals surface area contributed by atoms with Crippen LogP contribution >= 0.6 is 0 Å². The molecule has 8 heteroatoms. The lowest BCUT2D eigenvalue weighted by Gasteiger charge is -2.29. The summed E-state index contributed by atoms with van der Waals surface area (Å²) < 4.78 is 12.4. The zero-order chi connectivity index (χ0) is 20.9. The van der Waals surface area contributed by atoms with E-state index in [0.29, 0.717) is 42.9 Å². The van der Waals surface area contributed by atoms with E-state index in [2.05, 4.69) is 26.6 Å². The van der Waals surface area contributed by atoms with Crippen LogP contribution in [0, 0.1) is 12.8 Å². The zero-order valence-corrected chi connectivity index (χ0v) is 17.6. The Labute approximate surface area is 176 Å². The molecular weight excluding hydrogens is 382 g/mol. The van der Waals surface area contributed by atoms with Gasteiger partial charge in [0.05, 0.1) is 12.3 Å². The summed E-state index contributed by atoms with van der Waals surface area (Å²) in [6.45, 7) is 5.17. The monoisotopic (exact) mass is 411 g/mol. The second-order valence-corrected chi connectivity index (χ2v) is 8.01. The molecule has 0 aromatic carbocycles. The molecule has 0 bridgehead atoms. The van der Waals surface area contributed by atoms with Crippen molar-refractivity contribution in [2.75, 3.05) is 13.2 Å². The van der Waals surface area contributed by atoms with Crippen molar-refractivity contribution in [2.45, 2.75) is 58.3 Å². The summed E-state index contributed by atoms with van der Waals surface area (Å²) in [6.07, 6.45) is 7.23. The summed E-state index contributed by atoms with van der Waals surface area (Å²) in [5, 5.41) is 11.5. The number of hydrogen-bond acceptors (Lipinski definition) is 6. The quantitative estimate of drug-likeness (QED) is 0.610. The van der Waals surface area contributed by atoms with Gasteiger partial charge in [0.25, 0.3) is 5.88 Å². The number of fused-ring (bicyclic) bond motifs is 1. The second-order valence-electron chi connectivity index (χ2n) is 8.01. The molecule has 0 radical (unpaired) electrons. The van der Waals surface area contributed by atoms with E-state index in [9.17, 15) is 4.79 Å². The van der Waals surface area contributed by atoms with Gasteiger partial charge in [0.15, 0.2) is 5.65 Å². The Morgan fingerprint density at radius 3 is 2.93 bits per heavy atom. The first-order chi connectivity index (χ1) is 14.6. The highest BCUT2D eigenvalue weighted by molar-refractivity contribution is 5.76. The Kier molecular flexibility index (Phi) is 6.30. The fourth-order valence-corrected chi connectivity index (χ4v) is 4.21. The highest BCUT2D eigenvalue weighted by atomic mass is 16.5. The van der Waals surface area contributed by atoms with Crippen molar-refractivity contribution in [3.05, 3.63) is 41.5 Å². The lowest BCUT2D eigenvalue weighted by atomic mass is 9.80. The predicted molar refractivity (Wildman–Crippen MR) is 111 cm³/mol. The van der Waals surface area contributed by atoms with Gasteiger partial charge in [-0.05, 0) is 56.7 Å². The Hall–Kier alpha value is -2.90. The fourth-order valence-electron chi connectivity index (χ4n) is 4.21. The van der Waals surface area contributed by atoms with E-state index in [4.69, 9.17) is 9.26 Å². The van der Waals surface area contributed by atoms with Crippen molar-refractivity contribution < 1.29 is 14.1 Å². The van der Waals surface area contributed by atoms with Crippen LogP contribution in [-0.2, 0) is 11.2 Å². The lowest BCUT2D eigenvalue weighted by Crippen LogP contribution is -2.31. The van der Waals surface area contributed by atoms with E-state index in [1.54, 1.807) is 6.07 Å². The maximum atomic E-state index is 12.2. The van der Waals surface area contributed by atoms with E-state index in [1.807, 2.05) is 30.6 Å². The van der Waals surface area contributed by atoms with Crippen LogP contribution in [-0.4, -0.2) is 38.8 Å². The summed E-state index contributed by atoms with van der Waals surface area (Å²) in [6, 6.07) is 5.85. The standard InChI is InChI=1S/C22H29N5O3/c1-3-29-22-13-18(30-26-22)8-9-21(28)24-14-16-4-6-17(7-5-16)19-10-11-23-20-12-15(2)25-27(19)20/h10-13,16-17H,3-9,14H2,1-2H3,(H,24,28). The molecule has 1 aliphatic rings. The molecule has 1 aliphatic carbocycles. The number of nitrogens with one attached hydrogen (secondary N) is 1. The largest absolute Gasteiger partial charge is 0.476 e. The molecule has 0 unspecified atom stereocenters. The van der Waals surface area contributed by atoms with Crippen LogP contribution in [0.5, 0.6) is 5.88 Å². The number of aryl methyl sites for hydroxylation is 2. The van der Waals surface area contributed by atoms with Gasteiger partial charge in [0, 0.05) is 49.3 Å². The summed E-state index contributed by atoms with van der Waals surface area (Å²) in [5.41, 5.74) is 3.15. The second kappa shape index (κ2) is 9.28. The highest BCUT2D eigenvalue weighted by Gasteiger charge is 2.25. The van der Waals surface area contributed by atoms with Crippen LogP contribution in [0.25, 0.3) is 5.65 Å². The SMILES string of the molecule is CCOc1cc(CCC(=O)NCC2CCC(c3ccnc4cc(C)nn34)CC2)on1. The molecule has 0 aliphatic heterocycles. The minimum Gasteiger partial charge on any atom is -0.476 e. The Bertz CT molecular complexity index is 988. The average molecular weight is 412 g/mol. The van der Waals surface area contributed by atoms with Crippen molar-refractivity contribution in [3.63, 3.8) is 0 Å². The molecule has 1 saturated carbocycles. The molecule has 3 aromatic heterocycles. The first kappa shape index (κ1) is 20.4. The van der Waals surface area contributed by atoms with E-state index in [1.165, 1.54) is 5.69 Å². The third-order valence-electron chi connectivity index (χ3n) is 5.79. The Morgan fingerprint density at radius 1 is 1.30 bits per heavy atom. The Morgan fingerprint density at radius 2 is 2.13 bits per heavy atom. The molecule has 3 heterocycles. The van der Waals surface area contributed by atoms with Crippen LogP contribution in [0.2, 0.25) is 0 Å². The van der Waals surface area contributed by atoms with Gasteiger partial charge in [-0.3, -0.25) is 4.79 Å². The molecule has 3 aromatic rings. The number of carbonyl (C=O) groups is 1. The van der Waals surface area contributed by atoms with Crippen LogP contribution in [0.15, 0.2) is 28.9 Å². The lowest BCUT2D eigenvalue weighted by molar-refractivity contribution is -0.121. The summed E-state index contributed by atoms with van der Waals surface area (Å²) in [5.74, 6) is 2.21. The van der Waals surface area contributed by atoms with Gasteiger partial charge in [-0.15, -0.1) is 0 Å². The minimum absolute atomic E-state index is 0.0503. The Balaban J connectivity index is 1.21. The van der Waals surface area contributed by atoms with Crippen molar-refractivity contribution in [1.29, 1.82) is 0 Å². The molecule has 30 heavy (non-hydrogen) atoms. The van der Waals surface area contributed by atoms with Gasteiger partial charge >= 0.3 is 0 Å². The normalized spacial score (nSPS) is 19.1. The van der Waals surface area contributed by atoms with Gasteiger partial charge < -0.3 is 14.6 Å². The van der Waals surface area contributed by atoms with E-state index in [-0.39, 0.29) is 5.91 Å². The van der Waals surface area contributed by atoms with Gasteiger partial charge in [0.1, 0.15) is 5.76 Å². The summed E-state index contributed by atoms with van der Waals surface area (Å²) in [4.78, 5) is 16.6. The van der Waals surface area contributed by atoms with Crippen LogP contribution in [0.3, 0.4) is 0 Å². The van der Waals surface area contributed by atoms with Crippen LogP contribution in [0.1, 0.15) is 62.1 Å². The van der Waals surface area contributed by atoms with Gasteiger partial charge in [-0.1, -0.05) is 0 Å². The number of ether oxygens (including phenoxy) is 1. The number of amides is 1. The fraction of sp³-hybridized carbons (Fsp3) is 0.545. The molecular formula is C22H29N5O3. The smallest absolute Gasteiger partial charge is 0.254 e. The molecule has 1 fully saturated rings. The number of nitrogens with zero attached hydrogens (tertiary/aromatic N) is 4. The van der Waals surface area contributed by atoms with Crippen LogP contribution < -0.4 is 10.1 Å². The zero-order valence-electron chi connectivity index (χ0n) is 17.6. The summed E-state index contributed by atoms with van der Waals surface area (Å²) >= 11 is 0. The van der Waals surface area contributed by atoms with Crippen LogP contribution in [0.4, 0.5) is 0 Å². The number of rotatable bonds is 8. The number of hydrogen-bond donors (Lipinski definition) is 1. The van der Waals surface area contributed by atoms with E-state index >= 15 is 0 Å². The molecule has 1 amide bonds. The maximum Gasteiger partial charge on any atom is 0.254 e. The number of aromatic nitrogens is 4. The first-order valence-corrected chi connectivity index (χ1v) is 10.8. The van der Waals surface area contributed by atoms with Crippen molar-refractivity contribution in [3.8, 4) is 5.88 Å². The molecule has 0 spiro atoms. The third kappa shape index (κ3) is 4.80. The highest BCUT2D eigenvalue weighted by Crippen LogP contribution is 2.35. The molecule has 160 valence electrons. The average Bonchev–Trinajstić information content (AvgIpc) is 3.36. The topological polar surface area (TPSA) is 94.5 Å². The summed E-state index contributed by atoms with van der Waals surface area (Å²) in [7, 11) is 0. The minimum atomic E-state index is 0.0503. The van der Waals surface area contributed by atoms with Crippen molar-refractivity contribution in [1.82, 2.24) is 25.1 Å². The third-order valence-corrected chi connectivity index (χ3v) is 5.79. The van der Waals surface area contributed by atoms with Gasteiger partial charge in [0.2, 0.25) is 5.91 Å². The van der Waals surface area contributed by atoms with Gasteiger partial charge in [-0.2, -0.15) is 5.10 Å². The van der Waals surface area contributed by atoms with E-state index < -0.39 is 0 Å². The molecule has 4 rings (SSSR count). The van der Waals surface area contributed by atoms with Gasteiger partial charge in [-0.25, -0.2) is 9.50 Å². The maximum absolute atomic E-state index is 12.2.